The summed E-state index contributed by atoms with van der Waals surface area (Å²) in [6.07, 6.45) is -1.61. The molecular weight excluding hydrogens is 311 g/mol. The van der Waals surface area contributed by atoms with Crippen LogP contribution in [-0.2, 0) is 18.1 Å². The van der Waals surface area contributed by atoms with E-state index in [1.54, 1.807) is 11.3 Å². The van der Waals surface area contributed by atoms with Gasteiger partial charge in [0.25, 0.3) is 0 Å². The Balaban J connectivity index is 2.05. The monoisotopic (exact) mass is 331 g/mol. The van der Waals surface area contributed by atoms with Gasteiger partial charge in [0.1, 0.15) is 0 Å². The zero-order chi connectivity index (χ0) is 16.5. The van der Waals surface area contributed by atoms with Crippen LogP contribution in [0.25, 0.3) is 0 Å². The van der Waals surface area contributed by atoms with E-state index in [1.165, 1.54) is 10.9 Å². The van der Waals surface area contributed by atoms with Crippen molar-refractivity contribution in [3.05, 3.63) is 34.0 Å². The second kappa shape index (κ2) is 6.02. The molecule has 7 heteroatoms. The largest absolute Gasteiger partial charge is 0.435 e. The molecule has 0 amide bonds. The predicted octanol–water partition coefficient (Wildman–Crippen LogP) is 4.85. The maximum Gasteiger partial charge on any atom is 0.435 e. The Morgan fingerprint density at radius 1 is 1.27 bits per heavy atom. The van der Waals surface area contributed by atoms with Crippen molar-refractivity contribution in [3.63, 3.8) is 0 Å². The Morgan fingerprint density at radius 2 is 1.95 bits per heavy atom. The Morgan fingerprint density at radius 3 is 2.45 bits per heavy atom. The van der Waals surface area contributed by atoms with Crippen LogP contribution in [-0.4, -0.2) is 14.8 Å². The lowest BCUT2D eigenvalue weighted by Gasteiger charge is -2.25. The minimum atomic E-state index is -4.40. The van der Waals surface area contributed by atoms with Crippen LogP contribution in [0.3, 0.4) is 0 Å². The van der Waals surface area contributed by atoms with Crippen molar-refractivity contribution >= 4 is 11.3 Å². The lowest BCUT2D eigenvalue weighted by Crippen LogP contribution is -2.28. The van der Waals surface area contributed by atoms with Crippen LogP contribution in [0.4, 0.5) is 13.2 Å². The molecule has 0 saturated heterocycles. The third-order valence-electron chi connectivity index (χ3n) is 3.56. The molecule has 0 spiro atoms. The first kappa shape index (κ1) is 17.0. The van der Waals surface area contributed by atoms with Crippen LogP contribution in [0, 0.1) is 0 Å². The van der Waals surface area contributed by atoms with Gasteiger partial charge in [0, 0.05) is 17.5 Å². The third kappa shape index (κ3) is 3.88. The number of hydrogen-bond donors (Lipinski definition) is 0. The van der Waals surface area contributed by atoms with Crippen molar-refractivity contribution in [1.29, 1.82) is 0 Å². The van der Waals surface area contributed by atoms with E-state index < -0.39 is 17.4 Å². The van der Waals surface area contributed by atoms with Crippen LogP contribution in [0.1, 0.15) is 56.4 Å². The molecule has 3 nitrogen and oxygen atoms in total. The van der Waals surface area contributed by atoms with Gasteiger partial charge in [0.05, 0.1) is 16.2 Å². The van der Waals surface area contributed by atoms with E-state index >= 15 is 0 Å². The maximum absolute atomic E-state index is 12.6. The third-order valence-corrected chi connectivity index (χ3v) is 4.75. The molecule has 0 atom stereocenters. The number of thiazole rings is 1. The molecule has 22 heavy (non-hydrogen) atoms. The van der Waals surface area contributed by atoms with Crippen LogP contribution in [0.5, 0.6) is 0 Å². The van der Waals surface area contributed by atoms with E-state index in [9.17, 15) is 13.2 Å². The Hall–Kier alpha value is -1.37. The fourth-order valence-electron chi connectivity index (χ4n) is 2.06. The van der Waals surface area contributed by atoms with E-state index in [0.717, 1.165) is 23.2 Å². The molecule has 0 radical (unpaired) electrons. The molecular formula is C15H20F3N3S. The van der Waals surface area contributed by atoms with Crippen molar-refractivity contribution in [2.75, 3.05) is 0 Å². The molecule has 0 saturated carbocycles. The second-order valence-electron chi connectivity index (χ2n) is 6.29. The highest BCUT2D eigenvalue weighted by Crippen LogP contribution is 2.30. The van der Waals surface area contributed by atoms with Gasteiger partial charge in [-0.2, -0.15) is 18.3 Å². The molecule has 0 N–H and O–H groups in total. The summed E-state index contributed by atoms with van der Waals surface area (Å²) >= 11 is 1.63. The topological polar surface area (TPSA) is 30.7 Å². The average Bonchev–Trinajstić information content (AvgIpc) is 3.05. The first-order valence-electron chi connectivity index (χ1n) is 7.17. The van der Waals surface area contributed by atoms with E-state index in [2.05, 4.69) is 23.9 Å². The second-order valence-corrected chi connectivity index (χ2v) is 7.18. The lowest BCUT2D eigenvalue weighted by atomic mass is 9.98. The number of halogens is 3. The minimum absolute atomic E-state index is 0.396. The van der Waals surface area contributed by atoms with Gasteiger partial charge < -0.3 is 0 Å². The summed E-state index contributed by atoms with van der Waals surface area (Å²) in [4.78, 5) is 4.56. The van der Waals surface area contributed by atoms with E-state index in [0.29, 0.717) is 12.3 Å². The molecule has 0 aromatic carbocycles. The van der Waals surface area contributed by atoms with Crippen molar-refractivity contribution in [2.45, 2.75) is 58.2 Å². The first-order valence-corrected chi connectivity index (χ1v) is 8.05. The van der Waals surface area contributed by atoms with Gasteiger partial charge in [-0.05, 0) is 32.8 Å². The number of aromatic nitrogens is 3. The van der Waals surface area contributed by atoms with Crippen molar-refractivity contribution < 1.29 is 13.2 Å². The van der Waals surface area contributed by atoms with Crippen molar-refractivity contribution in [1.82, 2.24) is 14.8 Å². The summed E-state index contributed by atoms with van der Waals surface area (Å²) in [5.74, 6) is 0.396. The van der Waals surface area contributed by atoms with Crippen LogP contribution < -0.4 is 0 Å². The Kier molecular flexibility index (Phi) is 4.65. The first-order chi connectivity index (χ1) is 10.1. The highest BCUT2D eigenvalue weighted by molar-refractivity contribution is 7.09. The summed E-state index contributed by atoms with van der Waals surface area (Å²) in [6.45, 7) is 7.95. The molecule has 2 aromatic heterocycles. The Labute approximate surface area is 132 Å². The molecule has 0 unspecified atom stereocenters. The molecule has 2 rings (SSSR count). The van der Waals surface area contributed by atoms with Crippen LogP contribution in [0.15, 0.2) is 17.6 Å². The zero-order valence-corrected chi connectivity index (χ0v) is 13.9. The molecule has 2 aromatic rings. The molecule has 0 bridgehead atoms. The smallest absolute Gasteiger partial charge is 0.267 e. The van der Waals surface area contributed by atoms with Gasteiger partial charge in [-0.1, -0.05) is 13.8 Å². The summed E-state index contributed by atoms with van der Waals surface area (Å²) < 4.78 is 39.3. The average molecular weight is 331 g/mol. The number of rotatable bonds is 5. The Bertz CT molecular complexity index is 626. The minimum Gasteiger partial charge on any atom is -0.267 e. The van der Waals surface area contributed by atoms with Gasteiger partial charge in [-0.25, -0.2) is 4.98 Å². The SMILES string of the molecule is CC(C)c1nc(CCC(C)(C)n2ccc(C(F)(F)F)n2)cs1. The predicted molar refractivity (Wildman–Crippen MR) is 81.1 cm³/mol. The standard InChI is InChI=1S/C15H20F3N3S/c1-10(2)13-19-11(9-22-13)5-7-14(3,4)21-8-6-12(20-21)15(16,17)18/h6,8-10H,5,7H2,1-4H3. The summed E-state index contributed by atoms with van der Waals surface area (Å²) in [7, 11) is 0. The van der Waals surface area contributed by atoms with E-state index in [1.807, 2.05) is 19.2 Å². The van der Waals surface area contributed by atoms with Gasteiger partial charge in [0.2, 0.25) is 0 Å². The van der Waals surface area contributed by atoms with Crippen molar-refractivity contribution in [3.8, 4) is 0 Å². The van der Waals surface area contributed by atoms with E-state index in [-0.39, 0.29) is 0 Å². The summed E-state index contributed by atoms with van der Waals surface area (Å²) in [5, 5.41) is 6.79. The normalized spacial score (nSPS) is 13.1. The highest BCUT2D eigenvalue weighted by atomic mass is 32.1. The number of alkyl halides is 3. The molecule has 0 aliphatic heterocycles. The molecule has 122 valence electrons. The number of nitrogens with zero attached hydrogens (tertiary/aromatic N) is 3. The molecule has 0 fully saturated rings. The van der Waals surface area contributed by atoms with Crippen molar-refractivity contribution in [2.24, 2.45) is 0 Å². The number of hydrogen-bond acceptors (Lipinski definition) is 3. The number of aryl methyl sites for hydroxylation is 1. The fraction of sp³-hybridized carbons (Fsp3) is 0.600. The molecule has 2 heterocycles. The van der Waals surface area contributed by atoms with Gasteiger partial charge in [-0.15, -0.1) is 11.3 Å². The molecule has 0 aliphatic rings. The van der Waals surface area contributed by atoms with Gasteiger partial charge in [0.15, 0.2) is 5.69 Å². The van der Waals surface area contributed by atoms with E-state index in [4.69, 9.17) is 0 Å². The molecule has 0 aliphatic carbocycles. The quantitative estimate of drug-likeness (QED) is 0.784. The van der Waals surface area contributed by atoms with Gasteiger partial charge >= 0.3 is 6.18 Å². The zero-order valence-electron chi connectivity index (χ0n) is 13.1. The van der Waals surface area contributed by atoms with Gasteiger partial charge in [-0.3, -0.25) is 4.68 Å². The summed E-state index contributed by atoms with van der Waals surface area (Å²) in [6, 6.07) is 1.02. The summed E-state index contributed by atoms with van der Waals surface area (Å²) in [5.41, 5.74) is -0.355. The van der Waals surface area contributed by atoms with Crippen LogP contribution in [0.2, 0.25) is 0 Å². The highest BCUT2D eigenvalue weighted by Gasteiger charge is 2.35. The van der Waals surface area contributed by atoms with Crippen LogP contribution >= 0.6 is 11.3 Å². The fourth-order valence-corrected chi connectivity index (χ4v) is 2.93. The lowest BCUT2D eigenvalue weighted by molar-refractivity contribution is -0.141. The maximum atomic E-state index is 12.6.